The van der Waals surface area contributed by atoms with Crippen LogP contribution in [-0.2, 0) is 16.2 Å². The average molecular weight is 585 g/mol. The first-order valence-corrected chi connectivity index (χ1v) is 13.8. The Hall–Kier alpha value is -4.96. The quantitative estimate of drug-likeness (QED) is 0.112. The summed E-state index contributed by atoms with van der Waals surface area (Å²) >= 11 is 1.02. The van der Waals surface area contributed by atoms with Crippen LogP contribution in [0.2, 0.25) is 0 Å². The fourth-order valence-corrected chi connectivity index (χ4v) is 5.76. The highest BCUT2D eigenvalue weighted by Crippen LogP contribution is 2.45. The molecule has 10 heteroatoms. The molecule has 1 amide bonds. The molecule has 1 unspecified atom stereocenters. The summed E-state index contributed by atoms with van der Waals surface area (Å²) in [5.74, 6) is -0.916. The fraction of sp³-hybridized carbons (Fsp3) is 0.188. The Morgan fingerprint density at radius 1 is 0.976 bits per heavy atom. The van der Waals surface area contributed by atoms with E-state index in [1.165, 1.54) is 26.0 Å². The van der Waals surface area contributed by atoms with Gasteiger partial charge in [0.1, 0.15) is 18.1 Å². The number of aliphatic hydroxyl groups excluding tert-OH is 1. The zero-order valence-electron chi connectivity index (χ0n) is 23.4. The molecule has 42 heavy (non-hydrogen) atoms. The van der Waals surface area contributed by atoms with E-state index < -0.39 is 17.7 Å². The van der Waals surface area contributed by atoms with E-state index in [-0.39, 0.29) is 22.2 Å². The van der Waals surface area contributed by atoms with Crippen LogP contribution in [0.4, 0.5) is 5.13 Å². The Balaban J connectivity index is 1.63. The first-order valence-electron chi connectivity index (χ1n) is 13.0. The summed E-state index contributed by atoms with van der Waals surface area (Å²) in [6.45, 7) is 3.39. The van der Waals surface area contributed by atoms with Gasteiger partial charge in [0, 0.05) is 12.5 Å². The Morgan fingerprint density at radius 3 is 2.31 bits per heavy atom. The minimum absolute atomic E-state index is 0.123. The number of thiazole rings is 1. The van der Waals surface area contributed by atoms with Gasteiger partial charge in [-0.3, -0.25) is 19.3 Å². The molecule has 2 heterocycles. The molecular weight excluding hydrogens is 556 g/mol. The highest BCUT2D eigenvalue weighted by atomic mass is 32.1. The van der Waals surface area contributed by atoms with Crippen molar-refractivity contribution in [2.45, 2.75) is 26.5 Å². The number of amides is 1. The Kier molecular flexibility index (Phi) is 8.08. The van der Waals surface area contributed by atoms with Crippen molar-refractivity contribution in [1.82, 2.24) is 4.98 Å². The van der Waals surface area contributed by atoms with Gasteiger partial charge in [0.25, 0.3) is 5.78 Å². The van der Waals surface area contributed by atoms with E-state index in [0.717, 1.165) is 16.9 Å². The normalized spacial score (nSPS) is 16.0. The van der Waals surface area contributed by atoms with Gasteiger partial charge in [0.15, 0.2) is 22.4 Å². The summed E-state index contributed by atoms with van der Waals surface area (Å²) < 4.78 is 16.8. The molecule has 0 bridgehead atoms. The Morgan fingerprint density at radius 2 is 1.69 bits per heavy atom. The van der Waals surface area contributed by atoms with Crippen molar-refractivity contribution < 1.29 is 33.7 Å². The number of aryl methyl sites for hydroxylation is 1. The number of aromatic nitrogens is 1. The smallest absolute Gasteiger partial charge is 0.301 e. The summed E-state index contributed by atoms with van der Waals surface area (Å²) in [6, 6.07) is 20.1. The Bertz CT molecular complexity index is 1690. The number of carbonyl (C=O) groups is 3. The molecule has 0 spiro atoms. The fourth-order valence-electron chi connectivity index (χ4n) is 4.77. The van der Waals surface area contributed by atoms with Crippen molar-refractivity contribution in [3.05, 3.63) is 106 Å². The monoisotopic (exact) mass is 584 g/mol. The molecule has 1 fully saturated rings. The van der Waals surface area contributed by atoms with E-state index in [1.54, 1.807) is 49.4 Å². The number of benzene rings is 3. The third-order valence-electron chi connectivity index (χ3n) is 6.86. The maximum atomic E-state index is 13.5. The zero-order valence-corrected chi connectivity index (χ0v) is 24.2. The van der Waals surface area contributed by atoms with Gasteiger partial charge in [-0.1, -0.05) is 47.7 Å². The highest BCUT2D eigenvalue weighted by molar-refractivity contribution is 7.18. The summed E-state index contributed by atoms with van der Waals surface area (Å²) in [7, 11) is 3.01. The molecule has 4 aromatic rings. The molecule has 1 aliphatic heterocycles. The van der Waals surface area contributed by atoms with E-state index in [2.05, 4.69) is 4.98 Å². The first-order chi connectivity index (χ1) is 20.2. The maximum Gasteiger partial charge on any atom is 0.301 e. The van der Waals surface area contributed by atoms with Gasteiger partial charge in [-0.25, -0.2) is 4.98 Å². The summed E-state index contributed by atoms with van der Waals surface area (Å²) in [6.07, 6.45) is 0. The average Bonchev–Trinajstić information content (AvgIpc) is 3.52. The van der Waals surface area contributed by atoms with Gasteiger partial charge in [-0.2, -0.15) is 0 Å². The Labute approximate surface area is 246 Å². The van der Waals surface area contributed by atoms with Crippen LogP contribution in [0.3, 0.4) is 0 Å². The molecule has 1 saturated heterocycles. The van der Waals surface area contributed by atoms with E-state index in [1.807, 2.05) is 30.3 Å². The number of carbonyl (C=O) groups excluding carboxylic acids is 3. The van der Waals surface area contributed by atoms with Crippen LogP contribution in [0.25, 0.3) is 5.76 Å². The second-order valence-electron chi connectivity index (χ2n) is 9.55. The van der Waals surface area contributed by atoms with E-state index in [0.29, 0.717) is 45.6 Å². The summed E-state index contributed by atoms with van der Waals surface area (Å²) in [5, 5.41) is 11.6. The standard InChI is InChI=1S/C32H28N2O7S/c1-18-30(19(2)35)42-32(33-18)34-27(26(29(37)31(34)38)28(36)21-10-13-23(39-3)14-11-21)22-12-15-24(25(16-22)40-4)41-17-20-8-6-5-7-9-20/h5-16,27,36H,17H2,1-4H3. The van der Waals surface area contributed by atoms with Crippen molar-refractivity contribution in [2.24, 2.45) is 0 Å². The zero-order chi connectivity index (χ0) is 30.0. The van der Waals surface area contributed by atoms with Crippen molar-refractivity contribution in [3.8, 4) is 17.2 Å². The lowest BCUT2D eigenvalue weighted by Gasteiger charge is -2.24. The van der Waals surface area contributed by atoms with Crippen molar-refractivity contribution >= 4 is 39.7 Å². The topological polar surface area (TPSA) is 115 Å². The van der Waals surface area contributed by atoms with Crippen LogP contribution in [0.1, 0.15) is 45.0 Å². The minimum atomic E-state index is -1.06. The molecule has 1 aromatic heterocycles. The molecule has 1 N–H and O–H groups in total. The lowest BCUT2D eigenvalue weighted by molar-refractivity contribution is -0.132. The van der Waals surface area contributed by atoms with Crippen LogP contribution in [0.5, 0.6) is 17.2 Å². The predicted octanol–water partition coefficient (Wildman–Crippen LogP) is 5.88. The molecule has 5 rings (SSSR count). The van der Waals surface area contributed by atoms with Crippen molar-refractivity contribution in [3.63, 3.8) is 0 Å². The number of rotatable bonds is 9. The number of Topliss-reactive ketones (excluding diaryl/α,β-unsaturated/α-hetero) is 2. The molecule has 1 aliphatic rings. The number of nitrogens with zero attached hydrogens (tertiary/aromatic N) is 2. The molecule has 0 aliphatic carbocycles. The molecule has 0 radical (unpaired) electrons. The van der Waals surface area contributed by atoms with Gasteiger partial charge in [0.2, 0.25) is 0 Å². The van der Waals surface area contributed by atoms with Crippen LogP contribution >= 0.6 is 11.3 Å². The van der Waals surface area contributed by atoms with Gasteiger partial charge in [-0.05, 0) is 54.4 Å². The number of anilines is 1. The van der Waals surface area contributed by atoms with E-state index >= 15 is 0 Å². The van der Waals surface area contributed by atoms with Crippen molar-refractivity contribution in [1.29, 1.82) is 0 Å². The number of hydrogen-bond donors (Lipinski definition) is 1. The van der Waals surface area contributed by atoms with Gasteiger partial charge in [0.05, 0.1) is 36.4 Å². The summed E-state index contributed by atoms with van der Waals surface area (Å²) in [4.78, 5) is 45.3. The maximum absolute atomic E-state index is 13.5. The second kappa shape index (κ2) is 11.9. The first kappa shape index (κ1) is 28.6. The van der Waals surface area contributed by atoms with Gasteiger partial charge < -0.3 is 19.3 Å². The molecule has 214 valence electrons. The number of methoxy groups -OCH3 is 2. The third kappa shape index (κ3) is 5.36. The number of aliphatic hydroxyl groups is 1. The lowest BCUT2D eigenvalue weighted by Crippen LogP contribution is -2.29. The molecule has 9 nitrogen and oxygen atoms in total. The molecular formula is C32H28N2O7S. The molecule has 0 saturated carbocycles. The SMILES string of the molecule is COc1ccc(C(O)=C2C(=O)C(=O)N(c3nc(C)c(C(C)=O)s3)C2c2ccc(OCc3ccccc3)c(OC)c2)cc1. The highest BCUT2D eigenvalue weighted by Gasteiger charge is 2.48. The number of hydrogen-bond acceptors (Lipinski definition) is 9. The number of ketones is 2. The van der Waals surface area contributed by atoms with Crippen LogP contribution in [-0.4, -0.2) is 41.8 Å². The van der Waals surface area contributed by atoms with Crippen LogP contribution in [0, 0.1) is 6.92 Å². The minimum Gasteiger partial charge on any atom is -0.507 e. The second-order valence-corrected chi connectivity index (χ2v) is 10.5. The van der Waals surface area contributed by atoms with E-state index in [4.69, 9.17) is 14.2 Å². The largest absolute Gasteiger partial charge is 0.507 e. The third-order valence-corrected chi connectivity index (χ3v) is 8.12. The predicted molar refractivity (Wildman–Crippen MR) is 158 cm³/mol. The van der Waals surface area contributed by atoms with Crippen LogP contribution in [0.15, 0.2) is 78.4 Å². The lowest BCUT2D eigenvalue weighted by atomic mass is 9.95. The molecule has 3 aromatic carbocycles. The van der Waals surface area contributed by atoms with E-state index in [9.17, 15) is 19.5 Å². The van der Waals surface area contributed by atoms with Crippen LogP contribution < -0.4 is 19.1 Å². The van der Waals surface area contributed by atoms with Gasteiger partial charge in [-0.15, -0.1) is 0 Å². The molecule has 1 atom stereocenters. The van der Waals surface area contributed by atoms with Crippen molar-refractivity contribution in [2.75, 3.05) is 19.1 Å². The summed E-state index contributed by atoms with van der Waals surface area (Å²) in [5.41, 5.74) is 2.10. The number of ether oxygens (including phenoxy) is 3. The van der Waals surface area contributed by atoms with Gasteiger partial charge >= 0.3 is 5.91 Å².